The van der Waals surface area contributed by atoms with E-state index in [1.807, 2.05) is 24.4 Å². The van der Waals surface area contributed by atoms with Crippen LogP contribution in [0.5, 0.6) is 5.75 Å². The summed E-state index contributed by atoms with van der Waals surface area (Å²) in [5, 5.41) is 1.07. The molecule has 0 radical (unpaired) electrons. The Labute approximate surface area is 140 Å². The molecule has 5 heteroatoms. The average Bonchev–Trinajstić information content (AvgIpc) is 2.53. The Bertz CT molecular complexity index is 626. The number of benzene rings is 1. The monoisotopic (exact) mass is 363 g/mol. The van der Waals surface area contributed by atoms with Gasteiger partial charge in [-0.3, -0.25) is 4.98 Å². The van der Waals surface area contributed by atoms with Gasteiger partial charge in [-0.05, 0) is 37.7 Å². The van der Waals surface area contributed by atoms with Crippen LogP contribution in [0.15, 0.2) is 34.9 Å². The Morgan fingerprint density at radius 3 is 2.82 bits per heavy atom. The number of hydrogen-bond donors (Lipinski definition) is 0. The number of halogens is 1. The molecule has 22 heavy (non-hydrogen) atoms. The van der Waals surface area contributed by atoms with Crippen molar-refractivity contribution in [2.75, 3.05) is 46.4 Å². The molecule has 1 aromatic carbocycles. The topological polar surface area (TPSA) is 28.6 Å². The van der Waals surface area contributed by atoms with Crippen LogP contribution < -0.4 is 4.74 Å². The summed E-state index contributed by atoms with van der Waals surface area (Å²) < 4.78 is 7.04. The van der Waals surface area contributed by atoms with Gasteiger partial charge in [-0.2, -0.15) is 0 Å². The van der Waals surface area contributed by atoms with E-state index in [0.717, 1.165) is 40.7 Å². The molecule has 0 aliphatic carbocycles. The highest BCUT2D eigenvalue weighted by molar-refractivity contribution is 9.10. The standard InChI is InChI=1S/C17H22BrN3O/c1-20-8-10-21(11-9-20)7-2-12-22-17-5-6-19-16-4-3-14(18)13-15(16)17/h3-6,13H,2,7-12H2,1H3. The van der Waals surface area contributed by atoms with Crippen molar-refractivity contribution in [1.29, 1.82) is 0 Å². The van der Waals surface area contributed by atoms with Gasteiger partial charge < -0.3 is 14.5 Å². The SMILES string of the molecule is CN1CCN(CCCOc2ccnc3ccc(Br)cc23)CC1. The van der Waals surface area contributed by atoms with Gasteiger partial charge in [0.15, 0.2) is 0 Å². The molecule has 1 aliphatic rings. The number of rotatable bonds is 5. The molecule has 0 spiro atoms. The predicted molar refractivity (Wildman–Crippen MR) is 93.5 cm³/mol. The molecule has 0 saturated carbocycles. The van der Waals surface area contributed by atoms with E-state index in [1.165, 1.54) is 26.2 Å². The maximum Gasteiger partial charge on any atom is 0.130 e. The summed E-state index contributed by atoms with van der Waals surface area (Å²) >= 11 is 3.51. The highest BCUT2D eigenvalue weighted by atomic mass is 79.9. The first-order valence-corrected chi connectivity index (χ1v) is 8.59. The van der Waals surface area contributed by atoms with Crippen molar-refractivity contribution in [2.45, 2.75) is 6.42 Å². The van der Waals surface area contributed by atoms with Crippen LogP contribution in [0.1, 0.15) is 6.42 Å². The van der Waals surface area contributed by atoms with Crippen LogP contribution in [0, 0.1) is 0 Å². The van der Waals surface area contributed by atoms with Crippen LogP contribution >= 0.6 is 15.9 Å². The van der Waals surface area contributed by atoms with Crippen LogP contribution in [0.2, 0.25) is 0 Å². The first-order chi connectivity index (χ1) is 10.7. The van der Waals surface area contributed by atoms with Crippen LogP contribution in [0.4, 0.5) is 0 Å². The summed E-state index contributed by atoms with van der Waals surface area (Å²) in [5.41, 5.74) is 0.972. The summed E-state index contributed by atoms with van der Waals surface area (Å²) in [6.45, 7) is 6.54. The zero-order chi connectivity index (χ0) is 15.4. The van der Waals surface area contributed by atoms with Gasteiger partial charge in [-0.25, -0.2) is 0 Å². The van der Waals surface area contributed by atoms with Gasteiger partial charge in [0.2, 0.25) is 0 Å². The smallest absolute Gasteiger partial charge is 0.130 e. The van der Waals surface area contributed by atoms with E-state index in [0.29, 0.717) is 0 Å². The van der Waals surface area contributed by atoms with Crippen molar-refractivity contribution in [1.82, 2.24) is 14.8 Å². The molecular weight excluding hydrogens is 342 g/mol. The number of nitrogens with zero attached hydrogens (tertiary/aromatic N) is 3. The molecule has 4 nitrogen and oxygen atoms in total. The largest absolute Gasteiger partial charge is 0.493 e. The van der Waals surface area contributed by atoms with Crippen molar-refractivity contribution in [2.24, 2.45) is 0 Å². The lowest BCUT2D eigenvalue weighted by Crippen LogP contribution is -2.44. The van der Waals surface area contributed by atoms with Crippen molar-refractivity contribution in [3.63, 3.8) is 0 Å². The predicted octanol–water partition coefficient (Wildman–Crippen LogP) is 3.01. The second-order valence-electron chi connectivity index (χ2n) is 5.82. The maximum atomic E-state index is 5.99. The summed E-state index contributed by atoms with van der Waals surface area (Å²) in [4.78, 5) is 9.28. The van der Waals surface area contributed by atoms with Crippen molar-refractivity contribution in [3.8, 4) is 5.75 Å². The minimum Gasteiger partial charge on any atom is -0.493 e. The van der Waals surface area contributed by atoms with Crippen molar-refractivity contribution < 1.29 is 4.74 Å². The summed E-state index contributed by atoms with van der Waals surface area (Å²) in [7, 11) is 2.19. The van der Waals surface area contributed by atoms with E-state index in [9.17, 15) is 0 Å². The number of aromatic nitrogens is 1. The van der Waals surface area contributed by atoms with Crippen molar-refractivity contribution in [3.05, 3.63) is 34.9 Å². The fraction of sp³-hybridized carbons (Fsp3) is 0.471. The highest BCUT2D eigenvalue weighted by Gasteiger charge is 2.13. The Kier molecular flexibility index (Phi) is 5.28. The normalized spacial score (nSPS) is 17.0. The number of likely N-dealkylation sites (N-methyl/N-ethyl adjacent to an activating group) is 1. The number of piperazine rings is 1. The molecular formula is C17H22BrN3O. The van der Waals surface area contributed by atoms with Gasteiger partial charge in [-0.1, -0.05) is 15.9 Å². The van der Waals surface area contributed by atoms with E-state index in [2.05, 4.69) is 43.8 Å². The lowest BCUT2D eigenvalue weighted by Gasteiger charge is -2.32. The maximum absolute atomic E-state index is 5.99. The fourth-order valence-corrected chi connectivity index (χ4v) is 3.12. The molecule has 118 valence electrons. The van der Waals surface area contributed by atoms with Gasteiger partial charge in [0.25, 0.3) is 0 Å². The van der Waals surface area contributed by atoms with Crippen LogP contribution in [0.3, 0.4) is 0 Å². The Balaban J connectivity index is 1.52. The van der Waals surface area contributed by atoms with E-state index in [-0.39, 0.29) is 0 Å². The molecule has 0 atom stereocenters. The minimum atomic E-state index is 0.748. The number of fused-ring (bicyclic) bond motifs is 1. The minimum absolute atomic E-state index is 0.748. The van der Waals surface area contributed by atoms with Gasteiger partial charge in [0.1, 0.15) is 5.75 Å². The van der Waals surface area contributed by atoms with Crippen molar-refractivity contribution >= 4 is 26.8 Å². The summed E-state index contributed by atoms with van der Waals surface area (Å²) in [6.07, 6.45) is 2.87. The molecule has 0 N–H and O–H groups in total. The van der Waals surface area contributed by atoms with E-state index in [1.54, 1.807) is 0 Å². The molecule has 2 heterocycles. The Morgan fingerprint density at radius 1 is 1.18 bits per heavy atom. The number of ether oxygens (including phenoxy) is 1. The summed E-state index contributed by atoms with van der Waals surface area (Å²) in [6, 6.07) is 8.03. The first kappa shape index (κ1) is 15.7. The third-order valence-corrected chi connectivity index (χ3v) is 4.63. The summed E-state index contributed by atoms with van der Waals surface area (Å²) in [5.74, 6) is 0.921. The molecule has 0 bridgehead atoms. The first-order valence-electron chi connectivity index (χ1n) is 7.80. The van der Waals surface area contributed by atoms with Gasteiger partial charge >= 0.3 is 0 Å². The lowest BCUT2D eigenvalue weighted by molar-refractivity contribution is 0.145. The zero-order valence-corrected chi connectivity index (χ0v) is 14.6. The molecule has 1 aliphatic heterocycles. The quantitative estimate of drug-likeness (QED) is 0.763. The van der Waals surface area contributed by atoms with Crippen LogP contribution in [-0.2, 0) is 0 Å². The average molecular weight is 364 g/mol. The van der Waals surface area contributed by atoms with Crippen LogP contribution in [0.25, 0.3) is 10.9 Å². The molecule has 2 aromatic rings. The van der Waals surface area contributed by atoms with Gasteiger partial charge in [0.05, 0.1) is 12.1 Å². The van der Waals surface area contributed by atoms with E-state index >= 15 is 0 Å². The number of pyridine rings is 1. The zero-order valence-electron chi connectivity index (χ0n) is 13.0. The second kappa shape index (κ2) is 7.40. The lowest BCUT2D eigenvalue weighted by atomic mass is 10.2. The molecule has 0 amide bonds. The van der Waals surface area contributed by atoms with Gasteiger partial charge in [0, 0.05) is 48.8 Å². The Morgan fingerprint density at radius 2 is 2.00 bits per heavy atom. The molecule has 3 rings (SSSR count). The highest BCUT2D eigenvalue weighted by Crippen LogP contribution is 2.26. The molecule has 1 fully saturated rings. The molecule has 0 unspecified atom stereocenters. The van der Waals surface area contributed by atoms with Gasteiger partial charge in [-0.15, -0.1) is 0 Å². The van der Waals surface area contributed by atoms with Crippen LogP contribution in [-0.4, -0.2) is 61.2 Å². The molecule has 1 aromatic heterocycles. The van der Waals surface area contributed by atoms with E-state index < -0.39 is 0 Å². The van der Waals surface area contributed by atoms with E-state index in [4.69, 9.17) is 4.74 Å². The number of hydrogen-bond acceptors (Lipinski definition) is 4. The fourth-order valence-electron chi connectivity index (χ4n) is 2.76. The molecule has 1 saturated heterocycles. The Hall–Kier alpha value is -1.17. The third kappa shape index (κ3) is 3.97. The second-order valence-corrected chi connectivity index (χ2v) is 6.73. The third-order valence-electron chi connectivity index (χ3n) is 4.14.